The second-order valence-electron chi connectivity index (χ2n) is 6.29. The van der Waals surface area contributed by atoms with E-state index >= 15 is 0 Å². The predicted molar refractivity (Wildman–Crippen MR) is 80.3 cm³/mol. The zero-order valence-electron chi connectivity index (χ0n) is 12.3. The molecule has 1 aromatic carbocycles. The Kier molecular flexibility index (Phi) is 4.31. The molecule has 1 N–H and O–H groups in total. The number of benzene rings is 1. The van der Waals surface area contributed by atoms with E-state index < -0.39 is 0 Å². The molecule has 100 valence electrons. The van der Waals surface area contributed by atoms with Crippen molar-refractivity contribution in [3.63, 3.8) is 0 Å². The minimum Gasteiger partial charge on any atom is -0.384 e. The zero-order valence-corrected chi connectivity index (χ0v) is 12.3. The average molecular weight is 245 g/mol. The van der Waals surface area contributed by atoms with Crippen molar-refractivity contribution in [2.75, 3.05) is 11.9 Å². The van der Waals surface area contributed by atoms with Crippen molar-refractivity contribution in [3.8, 4) is 0 Å². The standard InChI is InChI=1S/C17H27N/c1-12-6-5-7-16(10-12)11-18-17-14(3)8-13(2)9-15(17)4/h8-9,12,16,18H,5-7,10-11H2,1-4H3. The Labute approximate surface area is 112 Å². The Balaban J connectivity index is 1.97. The van der Waals surface area contributed by atoms with E-state index in [2.05, 4.69) is 45.1 Å². The van der Waals surface area contributed by atoms with Crippen LogP contribution in [0.4, 0.5) is 5.69 Å². The van der Waals surface area contributed by atoms with Gasteiger partial charge in [-0.3, -0.25) is 0 Å². The second kappa shape index (κ2) is 5.77. The molecule has 1 aliphatic carbocycles. The molecule has 0 bridgehead atoms. The topological polar surface area (TPSA) is 12.0 Å². The van der Waals surface area contributed by atoms with Gasteiger partial charge in [-0.25, -0.2) is 0 Å². The molecule has 2 unspecified atom stereocenters. The Morgan fingerprint density at radius 2 is 1.78 bits per heavy atom. The highest BCUT2D eigenvalue weighted by molar-refractivity contribution is 5.58. The van der Waals surface area contributed by atoms with Crippen LogP contribution in [0.2, 0.25) is 0 Å². The maximum Gasteiger partial charge on any atom is 0.0399 e. The van der Waals surface area contributed by atoms with Crippen molar-refractivity contribution in [1.82, 2.24) is 0 Å². The van der Waals surface area contributed by atoms with E-state index in [9.17, 15) is 0 Å². The van der Waals surface area contributed by atoms with Crippen LogP contribution in [-0.4, -0.2) is 6.54 Å². The van der Waals surface area contributed by atoms with Gasteiger partial charge in [0.15, 0.2) is 0 Å². The largest absolute Gasteiger partial charge is 0.384 e. The summed E-state index contributed by atoms with van der Waals surface area (Å²) in [6.07, 6.45) is 5.65. The van der Waals surface area contributed by atoms with Gasteiger partial charge in [0.25, 0.3) is 0 Å². The Morgan fingerprint density at radius 1 is 1.11 bits per heavy atom. The van der Waals surface area contributed by atoms with Gasteiger partial charge in [-0.2, -0.15) is 0 Å². The molecule has 0 heterocycles. The minimum atomic E-state index is 0.869. The van der Waals surface area contributed by atoms with Crippen molar-refractivity contribution in [3.05, 3.63) is 28.8 Å². The lowest BCUT2D eigenvalue weighted by Crippen LogP contribution is -2.21. The quantitative estimate of drug-likeness (QED) is 0.802. The van der Waals surface area contributed by atoms with Crippen molar-refractivity contribution in [2.24, 2.45) is 11.8 Å². The van der Waals surface area contributed by atoms with Crippen LogP contribution in [0, 0.1) is 32.6 Å². The molecule has 0 amide bonds. The Bertz CT molecular complexity index is 385. The molecule has 0 aromatic heterocycles. The highest BCUT2D eigenvalue weighted by atomic mass is 14.9. The van der Waals surface area contributed by atoms with Gasteiger partial charge >= 0.3 is 0 Å². The molecule has 1 aliphatic rings. The van der Waals surface area contributed by atoms with Gasteiger partial charge in [0, 0.05) is 12.2 Å². The van der Waals surface area contributed by atoms with Crippen LogP contribution >= 0.6 is 0 Å². The first-order valence-electron chi connectivity index (χ1n) is 7.38. The fourth-order valence-electron chi connectivity index (χ4n) is 3.45. The Morgan fingerprint density at radius 3 is 2.39 bits per heavy atom. The summed E-state index contributed by atoms with van der Waals surface area (Å²) >= 11 is 0. The van der Waals surface area contributed by atoms with E-state index in [1.165, 1.54) is 48.1 Å². The minimum absolute atomic E-state index is 0.869. The number of hydrogen-bond donors (Lipinski definition) is 1. The third-order valence-electron chi connectivity index (χ3n) is 4.29. The van der Waals surface area contributed by atoms with Gasteiger partial charge in [0.2, 0.25) is 0 Å². The number of anilines is 1. The highest BCUT2D eigenvalue weighted by Gasteiger charge is 2.18. The molecule has 0 saturated heterocycles. The molecule has 1 aromatic rings. The molecular weight excluding hydrogens is 218 g/mol. The monoisotopic (exact) mass is 245 g/mol. The lowest BCUT2D eigenvalue weighted by atomic mass is 9.82. The normalized spacial score (nSPS) is 24.0. The Hall–Kier alpha value is -0.980. The van der Waals surface area contributed by atoms with Crippen LogP contribution in [0.1, 0.15) is 49.3 Å². The predicted octanol–water partition coefficient (Wildman–Crippen LogP) is 4.85. The summed E-state index contributed by atoms with van der Waals surface area (Å²) in [6.45, 7) is 10.1. The van der Waals surface area contributed by atoms with Crippen LogP contribution in [0.3, 0.4) is 0 Å². The van der Waals surface area contributed by atoms with E-state index in [4.69, 9.17) is 0 Å². The molecule has 18 heavy (non-hydrogen) atoms. The van der Waals surface area contributed by atoms with E-state index in [0.717, 1.165) is 18.4 Å². The van der Waals surface area contributed by atoms with Crippen molar-refractivity contribution in [1.29, 1.82) is 0 Å². The third kappa shape index (κ3) is 3.28. The van der Waals surface area contributed by atoms with Gasteiger partial charge in [0.1, 0.15) is 0 Å². The van der Waals surface area contributed by atoms with E-state index in [0.29, 0.717) is 0 Å². The van der Waals surface area contributed by atoms with Crippen molar-refractivity contribution < 1.29 is 0 Å². The maximum absolute atomic E-state index is 3.70. The fourth-order valence-corrected chi connectivity index (χ4v) is 3.45. The van der Waals surface area contributed by atoms with Crippen molar-refractivity contribution >= 4 is 5.69 Å². The SMILES string of the molecule is Cc1cc(C)c(NCC2CCCC(C)C2)c(C)c1. The molecule has 0 aliphatic heterocycles. The van der Waals surface area contributed by atoms with Crippen LogP contribution in [0.5, 0.6) is 0 Å². The van der Waals surface area contributed by atoms with Gasteiger partial charge in [-0.1, -0.05) is 37.5 Å². The summed E-state index contributed by atoms with van der Waals surface area (Å²) in [5.41, 5.74) is 5.49. The smallest absolute Gasteiger partial charge is 0.0399 e. The number of aryl methyl sites for hydroxylation is 3. The van der Waals surface area contributed by atoms with E-state index in [1.807, 2.05) is 0 Å². The molecule has 1 saturated carbocycles. The van der Waals surface area contributed by atoms with Crippen LogP contribution in [0.25, 0.3) is 0 Å². The molecule has 1 fully saturated rings. The average Bonchev–Trinajstić information content (AvgIpc) is 2.27. The number of nitrogens with one attached hydrogen (secondary N) is 1. The summed E-state index contributed by atoms with van der Waals surface area (Å²) in [6, 6.07) is 4.55. The summed E-state index contributed by atoms with van der Waals surface area (Å²) in [5.74, 6) is 1.79. The molecule has 2 atom stereocenters. The number of rotatable bonds is 3. The summed E-state index contributed by atoms with van der Waals surface area (Å²) in [7, 11) is 0. The van der Waals surface area contributed by atoms with Gasteiger partial charge in [0.05, 0.1) is 0 Å². The molecule has 0 radical (unpaired) electrons. The molecule has 0 spiro atoms. The molecule has 2 rings (SSSR count). The maximum atomic E-state index is 3.70. The molecule has 1 heteroatoms. The second-order valence-corrected chi connectivity index (χ2v) is 6.29. The van der Waals surface area contributed by atoms with E-state index in [1.54, 1.807) is 0 Å². The van der Waals surface area contributed by atoms with Crippen LogP contribution in [0.15, 0.2) is 12.1 Å². The first-order valence-corrected chi connectivity index (χ1v) is 7.38. The first kappa shape index (κ1) is 13.5. The summed E-state index contributed by atoms with van der Waals surface area (Å²) in [5, 5.41) is 3.70. The van der Waals surface area contributed by atoms with Crippen molar-refractivity contribution in [2.45, 2.75) is 53.4 Å². The summed E-state index contributed by atoms with van der Waals surface area (Å²) < 4.78 is 0. The van der Waals surface area contributed by atoms with Gasteiger partial charge < -0.3 is 5.32 Å². The zero-order chi connectivity index (χ0) is 13.1. The lowest BCUT2D eigenvalue weighted by Gasteiger charge is -2.27. The molecular formula is C17H27N. The lowest BCUT2D eigenvalue weighted by molar-refractivity contribution is 0.293. The number of hydrogen-bond acceptors (Lipinski definition) is 1. The third-order valence-corrected chi connectivity index (χ3v) is 4.29. The summed E-state index contributed by atoms with van der Waals surface area (Å²) in [4.78, 5) is 0. The fraction of sp³-hybridized carbons (Fsp3) is 0.647. The van der Waals surface area contributed by atoms with Gasteiger partial charge in [-0.15, -0.1) is 0 Å². The molecule has 1 nitrogen and oxygen atoms in total. The first-order chi connectivity index (χ1) is 8.56. The van der Waals surface area contributed by atoms with Crippen LogP contribution < -0.4 is 5.32 Å². The van der Waals surface area contributed by atoms with Gasteiger partial charge in [-0.05, 0) is 56.6 Å². The van der Waals surface area contributed by atoms with E-state index in [-0.39, 0.29) is 0 Å². The van der Waals surface area contributed by atoms with Crippen LogP contribution in [-0.2, 0) is 0 Å². The highest BCUT2D eigenvalue weighted by Crippen LogP contribution is 2.29.